The van der Waals surface area contributed by atoms with Gasteiger partial charge in [-0.2, -0.15) is 0 Å². The highest BCUT2D eigenvalue weighted by molar-refractivity contribution is 6.06. The number of carbonyl (C=O) groups is 2. The number of aryl methyl sites for hydroxylation is 1. The van der Waals surface area contributed by atoms with Crippen LogP contribution in [0, 0.1) is 12.8 Å². The van der Waals surface area contributed by atoms with Crippen molar-refractivity contribution in [3.63, 3.8) is 0 Å². The molecule has 0 radical (unpaired) electrons. The average molecular weight is 363 g/mol. The molecular weight excluding hydrogens is 342 g/mol. The topological polar surface area (TPSA) is 73.2 Å². The molecule has 6 heteroatoms. The summed E-state index contributed by atoms with van der Waals surface area (Å²) in [6, 6.07) is 15.6. The molecule has 1 heterocycles. The molecule has 0 aliphatic heterocycles. The van der Waals surface area contributed by atoms with Crippen molar-refractivity contribution in [3.8, 4) is 11.1 Å². The number of imidazole rings is 1. The van der Waals surface area contributed by atoms with Crippen LogP contribution in [0.4, 0.5) is 5.69 Å². The van der Waals surface area contributed by atoms with Gasteiger partial charge in [0.25, 0.3) is 0 Å². The van der Waals surface area contributed by atoms with E-state index in [-0.39, 0.29) is 6.54 Å². The lowest BCUT2D eigenvalue weighted by molar-refractivity contribution is -0.149. The largest absolute Gasteiger partial charge is 0.468 e. The molecule has 0 bridgehead atoms. The highest BCUT2D eigenvalue weighted by Crippen LogP contribution is 2.29. The predicted octanol–water partition coefficient (Wildman–Crippen LogP) is 3.29. The first-order valence-corrected chi connectivity index (χ1v) is 8.59. The molecule has 3 rings (SSSR count). The minimum atomic E-state index is -0.978. The van der Waals surface area contributed by atoms with Crippen LogP contribution in [-0.2, 0) is 20.9 Å². The van der Waals surface area contributed by atoms with Gasteiger partial charge in [0.05, 0.1) is 13.4 Å². The Morgan fingerprint density at radius 1 is 1.19 bits per heavy atom. The number of ether oxygens (including phenoxy) is 1. The zero-order chi connectivity index (χ0) is 19.2. The molecule has 1 N–H and O–H groups in total. The summed E-state index contributed by atoms with van der Waals surface area (Å²) in [5, 5.41) is 2.90. The number of rotatable bonds is 6. The van der Waals surface area contributed by atoms with E-state index in [0.29, 0.717) is 5.69 Å². The lowest BCUT2D eigenvalue weighted by atomic mass is 10.0. The molecular formula is C21H21N3O3. The van der Waals surface area contributed by atoms with Gasteiger partial charge in [-0.25, -0.2) is 4.98 Å². The molecule has 0 aliphatic carbocycles. The molecule has 27 heavy (non-hydrogen) atoms. The van der Waals surface area contributed by atoms with Gasteiger partial charge < -0.3 is 14.6 Å². The minimum Gasteiger partial charge on any atom is -0.468 e. The van der Waals surface area contributed by atoms with Crippen LogP contribution in [0.1, 0.15) is 5.56 Å². The number of carbonyl (C=O) groups excluding carboxylic acids is 2. The third-order valence-electron chi connectivity index (χ3n) is 4.27. The summed E-state index contributed by atoms with van der Waals surface area (Å²) in [7, 11) is 1.28. The number of benzene rings is 2. The van der Waals surface area contributed by atoms with Gasteiger partial charge in [-0.1, -0.05) is 42.5 Å². The van der Waals surface area contributed by atoms with E-state index in [1.54, 1.807) is 23.3 Å². The summed E-state index contributed by atoms with van der Waals surface area (Å²) in [5.41, 5.74) is 3.54. The Hall–Kier alpha value is -3.41. The molecule has 1 atom stereocenters. The maximum atomic E-state index is 12.9. The number of anilines is 1. The summed E-state index contributed by atoms with van der Waals surface area (Å²) in [6.07, 6.45) is 4.86. The van der Waals surface area contributed by atoms with Crippen LogP contribution in [0.5, 0.6) is 0 Å². The van der Waals surface area contributed by atoms with Crippen molar-refractivity contribution < 1.29 is 14.3 Å². The Morgan fingerprint density at radius 2 is 1.96 bits per heavy atom. The molecule has 2 aromatic carbocycles. The van der Waals surface area contributed by atoms with E-state index in [9.17, 15) is 9.59 Å². The Morgan fingerprint density at radius 3 is 2.63 bits per heavy atom. The average Bonchev–Trinajstić information content (AvgIpc) is 3.19. The molecule has 0 unspecified atom stereocenters. The van der Waals surface area contributed by atoms with E-state index in [4.69, 9.17) is 4.74 Å². The van der Waals surface area contributed by atoms with E-state index < -0.39 is 17.8 Å². The molecule has 0 fully saturated rings. The third kappa shape index (κ3) is 4.41. The van der Waals surface area contributed by atoms with Gasteiger partial charge >= 0.3 is 5.97 Å². The lowest BCUT2D eigenvalue weighted by Gasteiger charge is -2.17. The minimum absolute atomic E-state index is 0.158. The van der Waals surface area contributed by atoms with Gasteiger partial charge in [-0.15, -0.1) is 0 Å². The van der Waals surface area contributed by atoms with Crippen LogP contribution in [0.3, 0.4) is 0 Å². The number of nitrogens with zero attached hydrogens (tertiary/aromatic N) is 2. The van der Waals surface area contributed by atoms with Crippen molar-refractivity contribution in [2.75, 3.05) is 12.4 Å². The maximum absolute atomic E-state index is 12.9. The fraction of sp³-hybridized carbons (Fsp3) is 0.190. The second-order valence-corrected chi connectivity index (χ2v) is 6.24. The quantitative estimate of drug-likeness (QED) is 0.539. The van der Waals surface area contributed by atoms with Crippen molar-refractivity contribution in [1.82, 2.24) is 9.55 Å². The molecule has 6 nitrogen and oxygen atoms in total. The number of esters is 1. The van der Waals surface area contributed by atoms with E-state index >= 15 is 0 Å². The zero-order valence-electron chi connectivity index (χ0n) is 15.3. The lowest BCUT2D eigenvalue weighted by Crippen LogP contribution is -2.34. The van der Waals surface area contributed by atoms with Gasteiger partial charge in [0.2, 0.25) is 5.91 Å². The van der Waals surface area contributed by atoms with Gasteiger partial charge in [-0.3, -0.25) is 9.59 Å². The standard InChI is InChI=1S/C21H21N3O3/c1-15-8-9-17(16-6-4-3-5-7-16)19(12-15)23-20(25)18(21(26)27-2)13-24-11-10-22-14-24/h3-12,14,18H,13H2,1-2H3,(H,23,25)/t18-/m0/s1. The molecule has 0 spiro atoms. The highest BCUT2D eigenvalue weighted by atomic mass is 16.5. The normalized spacial score (nSPS) is 11.6. The van der Waals surface area contributed by atoms with Crippen molar-refractivity contribution in [2.45, 2.75) is 13.5 Å². The van der Waals surface area contributed by atoms with Crippen LogP contribution in [0.25, 0.3) is 11.1 Å². The number of nitrogens with one attached hydrogen (secondary N) is 1. The zero-order valence-corrected chi connectivity index (χ0v) is 15.3. The number of hydrogen-bond donors (Lipinski definition) is 1. The summed E-state index contributed by atoms with van der Waals surface area (Å²) >= 11 is 0. The number of methoxy groups -OCH3 is 1. The van der Waals surface area contributed by atoms with Crippen molar-refractivity contribution >= 4 is 17.6 Å². The first-order chi connectivity index (χ1) is 13.1. The number of amides is 1. The van der Waals surface area contributed by atoms with E-state index in [0.717, 1.165) is 16.7 Å². The summed E-state index contributed by atoms with van der Waals surface area (Å²) in [5.74, 6) is -1.98. The van der Waals surface area contributed by atoms with Crippen molar-refractivity contribution in [1.29, 1.82) is 0 Å². The van der Waals surface area contributed by atoms with Crippen LogP contribution < -0.4 is 5.32 Å². The Bertz CT molecular complexity index is 921. The molecule has 0 saturated carbocycles. The second-order valence-electron chi connectivity index (χ2n) is 6.24. The Kier molecular flexibility index (Phi) is 5.66. The highest BCUT2D eigenvalue weighted by Gasteiger charge is 2.28. The van der Waals surface area contributed by atoms with Crippen molar-refractivity contribution in [2.24, 2.45) is 5.92 Å². The Balaban J connectivity index is 1.89. The Labute approximate surface area is 157 Å². The third-order valence-corrected chi connectivity index (χ3v) is 4.27. The molecule has 3 aromatic rings. The van der Waals surface area contributed by atoms with Crippen LogP contribution in [0.15, 0.2) is 67.3 Å². The molecule has 1 amide bonds. The monoisotopic (exact) mass is 363 g/mol. The summed E-state index contributed by atoms with van der Waals surface area (Å²) in [4.78, 5) is 29.0. The molecule has 0 aliphatic rings. The first-order valence-electron chi connectivity index (χ1n) is 8.59. The van der Waals surface area contributed by atoms with E-state index in [1.807, 2.05) is 55.5 Å². The van der Waals surface area contributed by atoms with Crippen LogP contribution >= 0.6 is 0 Å². The van der Waals surface area contributed by atoms with Crippen LogP contribution in [-0.4, -0.2) is 28.5 Å². The van der Waals surface area contributed by atoms with Gasteiger partial charge in [0.1, 0.15) is 0 Å². The van der Waals surface area contributed by atoms with E-state index in [2.05, 4.69) is 10.3 Å². The van der Waals surface area contributed by atoms with Gasteiger partial charge in [0, 0.05) is 30.2 Å². The summed E-state index contributed by atoms with van der Waals surface area (Å²) in [6.45, 7) is 2.11. The molecule has 0 saturated heterocycles. The van der Waals surface area contributed by atoms with Gasteiger partial charge in [0.15, 0.2) is 5.92 Å². The number of hydrogen-bond acceptors (Lipinski definition) is 4. The maximum Gasteiger partial charge on any atom is 0.320 e. The first kappa shape index (κ1) is 18.4. The van der Waals surface area contributed by atoms with E-state index in [1.165, 1.54) is 7.11 Å². The van der Waals surface area contributed by atoms with Crippen LogP contribution in [0.2, 0.25) is 0 Å². The predicted molar refractivity (Wildman–Crippen MR) is 103 cm³/mol. The molecule has 1 aromatic heterocycles. The summed E-state index contributed by atoms with van der Waals surface area (Å²) < 4.78 is 6.50. The smallest absolute Gasteiger partial charge is 0.320 e. The SMILES string of the molecule is COC(=O)[C@@H](Cn1ccnc1)C(=O)Nc1cc(C)ccc1-c1ccccc1. The second kappa shape index (κ2) is 8.31. The fourth-order valence-corrected chi connectivity index (χ4v) is 2.86. The molecule has 138 valence electrons. The fourth-order valence-electron chi connectivity index (χ4n) is 2.86. The van der Waals surface area contributed by atoms with Gasteiger partial charge in [-0.05, 0) is 24.1 Å². The van der Waals surface area contributed by atoms with Crippen molar-refractivity contribution in [3.05, 3.63) is 72.8 Å². The number of aromatic nitrogens is 2.